The van der Waals surface area contributed by atoms with Crippen molar-refractivity contribution >= 4 is 27.3 Å². The third-order valence-corrected chi connectivity index (χ3v) is 6.34. The van der Waals surface area contributed by atoms with Crippen LogP contribution >= 0.6 is 27.3 Å². The van der Waals surface area contributed by atoms with Crippen molar-refractivity contribution in [3.05, 3.63) is 92.6 Å². The number of thiophene rings is 1. The molecule has 1 aliphatic heterocycles. The highest BCUT2D eigenvalue weighted by atomic mass is 79.9. The van der Waals surface area contributed by atoms with Crippen LogP contribution in [0, 0.1) is 0 Å². The van der Waals surface area contributed by atoms with E-state index in [4.69, 9.17) is 0 Å². The third kappa shape index (κ3) is 4.04. The largest absolute Gasteiger partial charge is 0.278 e. The molecule has 0 radical (unpaired) electrons. The summed E-state index contributed by atoms with van der Waals surface area (Å²) in [5, 5.41) is 0. The van der Waals surface area contributed by atoms with Gasteiger partial charge in [-0.3, -0.25) is 9.80 Å². The van der Waals surface area contributed by atoms with Crippen LogP contribution in [0.1, 0.15) is 22.2 Å². The molecule has 1 aromatic heterocycles. The minimum atomic E-state index is 0.344. The number of nitrogens with zero attached hydrogens (tertiary/aromatic N) is 2. The van der Waals surface area contributed by atoms with Crippen LogP contribution in [0.5, 0.6) is 0 Å². The predicted molar refractivity (Wildman–Crippen MR) is 108 cm³/mol. The highest BCUT2D eigenvalue weighted by Crippen LogP contribution is 2.37. The monoisotopic (exact) mass is 412 g/mol. The third-order valence-electron chi connectivity index (χ3n) is 4.67. The van der Waals surface area contributed by atoms with Crippen molar-refractivity contribution in [3.8, 4) is 0 Å². The molecule has 0 N–H and O–H groups in total. The Morgan fingerprint density at radius 2 is 1.28 bits per heavy atom. The lowest BCUT2D eigenvalue weighted by molar-refractivity contribution is 0.129. The Morgan fingerprint density at radius 3 is 1.72 bits per heavy atom. The maximum atomic E-state index is 3.63. The van der Waals surface area contributed by atoms with Gasteiger partial charge in [0.1, 0.15) is 0 Å². The van der Waals surface area contributed by atoms with Crippen molar-refractivity contribution in [3.63, 3.8) is 0 Å². The van der Waals surface area contributed by atoms with Gasteiger partial charge in [0.05, 0.1) is 9.95 Å². The van der Waals surface area contributed by atoms with E-state index in [9.17, 15) is 0 Å². The lowest BCUT2D eigenvalue weighted by atomic mass is 10.2. The van der Waals surface area contributed by atoms with E-state index in [0.29, 0.717) is 6.17 Å². The Labute approximate surface area is 161 Å². The van der Waals surface area contributed by atoms with Gasteiger partial charge in [-0.2, -0.15) is 0 Å². The highest BCUT2D eigenvalue weighted by molar-refractivity contribution is 9.11. The number of hydrogen-bond donors (Lipinski definition) is 0. The van der Waals surface area contributed by atoms with E-state index in [-0.39, 0.29) is 0 Å². The lowest BCUT2D eigenvalue weighted by Gasteiger charge is -2.29. The Kier molecular flexibility index (Phi) is 5.32. The summed E-state index contributed by atoms with van der Waals surface area (Å²) in [4.78, 5) is 6.60. The minimum absolute atomic E-state index is 0.344. The summed E-state index contributed by atoms with van der Waals surface area (Å²) in [6.07, 6.45) is 0.344. The molecule has 128 valence electrons. The summed E-state index contributed by atoms with van der Waals surface area (Å²) in [7, 11) is 0. The zero-order chi connectivity index (χ0) is 17.1. The van der Waals surface area contributed by atoms with Crippen molar-refractivity contribution < 1.29 is 0 Å². The molecule has 2 heterocycles. The number of rotatable bonds is 5. The van der Waals surface area contributed by atoms with E-state index >= 15 is 0 Å². The standard InChI is InChI=1S/C21H21BrN2S/c22-20-12-11-19(25-20)21-23(15-17-7-3-1-4-8-17)13-14-24(21)16-18-9-5-2-6-10-18/h1-12,21H,13-16H2. The maximum absolute atomic E-state index is 3.63. The molecular weight excluding hydrogens is 392 g/mol. The minimum Gasteiger partial charge on any atom is -0.278 e. The van der Waals surface area contributed by atoms with Gasteiger partial charge in [0.2, 0.25) is 0 Å². The van der Waals surface area contributed by atoms with Crippen molar-refractivity contribution in [2.45, 2.75) is 19.3 Å². The van der Waals surface area contributed by atoms with Crippen LogP contribution in [0.2, 0.25) is 0 Å². The maximum Gasteiger partial charge on any atom is 0.0987 e. The quantitative estimate of drug-likeness (QED) is 0.543. The molecular formula is C21H21BrN2S. The van der Waals surface area contributed by atoms with Gasteiger partial charge in [-0.1, -0.05) is 60.7 Å². The molecule has 25 heavy (non-hydrogen) atoms. The number of halogens is 1. The lowest BCUT2D eigenvalue weighted by Crippen LogP contribution is -2.29. The highest BCUT2D eigenvalue weighted by Gasteiger charge is 2.34. The first-order chi connectivity index (χ1) is 12.3. The number of hydrogen-bond acceptors (Lipinski definition) is 3. The van der Waals surface area contributed by atoms with Crippen molar-refractivity contribution in [2.24, 2.45) is 0 Å². The van der Waals surface area contributed by atoms with Gasteiger partial charge in [0.25, 0.3) is 0 Å². The summed E-state index contributed by atoms with van der Waals surface area (Å²) in [6, 6.07) is 26.0. The molecule has 0 aliphatic carbocycles. The molecule has 0 amide bonds. The Morgan fingerprint density at radius 1 is 0.760 bits per heavy atom. The molecule has 0 saturated carbocycles. The van der Waals surface area contributed by atoms with Crippen molar-refractivity contribution in [1.29, 1.82) is 0 Å². The average molecular weight is 413 g/mol. The first-order valence-electron chi connectivity index (χ1n) is 8.61. The second-order valence-corrected chi connectivity index (χ2v) is 8.92. The second kappa shape index (κ2) is 7.83. The zero-order valence-corrected chi connectivity index (χ0v) is 16.4. The van der Waals surface area contributed by atoms with Gasteiger partial charge in [0.15, 0.2) is 0 Å². The zero-order valence-electron chi connectivity index (χ0n) is 14.0. The van der Waals surface area contributed by atoms with Gasteiger partial charge in [-0.15, -0.1) is 11.3 Å². The fraction of sp³-hybridized carbons (Fsp3) is 0.238. The van der Waals surface area contributed by atoms with Crippen LogP contribution in [-0.2, 0) is 13.1 Å². The molecule has 3 aromatic rings. The summed E-state index contributed by atoms with van der Waals surface area (Å²) in [5.41, 5.74) is 2.76. The molecule has 2 nitrogen and oxygen atoms in total. The molecule has 2 aromatic carbocycles. The van der Waals surface area contributed by atoms with Gasteiger partial charge in [0, 0.05) is 31.1 Å². The molecule has 0 unspecified atom stereocenters. The van der Waals surface area contributed by atoms with Crippen LogP contribution in [-0.4, -0.2) is 22.9 Å². The average Bonchev–Trinajstić information content (AvgIpc) is 3.23. The molecule has 1 saturated heterocycles. The van der Waals surface area contributed by atoms with E-state index in [1.165, 1.54) is 19.8 Å². The molecule has 0 spiro atoms. The summed E-state index contributed by atoms with van der Waals surface area (Å²) in [5.74, 6) is 0. The first-order valence-corrected chi connectivity index (χ1v) is 10.2. The van der Waals surface area contributed by atoms with Crippen LogP contribution in [0.4, 0.5) is 0 Å². The van der Waals surface area contributed by atoms with Crippen molar-refractivity contribution in [2.75, 3.05) is 13.1 Å². The van der Waals surface area contributed by atoms with Crippen LogP contribution in [0.3, 0.4) is 0 Å². The van der Waals surface area contributed by atoms with Gasteiger partial charge < -0.3 is 0 Å². The van der Waals surface area contributed by atoms with E-state index in [1.807, 2.05) is 11.3 Å². The van der Waals surface area contributed by atoms with Gasteiger partial charge in [-0.25, -0.2) is 0 Å². The SMILES string of the molecule is Brc1ccc(C2N(Cc3ccccc3)CCN2Cc2ccccc2)s1. The Balaban J connectivity index is 1.58. The van der Waals surface area contributed by atoms with Crippen LogP contribution < -0.4 is 0 Å². The predicted octanol–water partition coefficient (Wildman–Crippen LogP) is 5.53. The van der Waals surface area contributed by atoms with Crippen molar-refractivity contribution in [1.82, 2.24) is 9.80 Å². The molecule has 0 atom stereocenters. The first kappa shape index (κ1) is 17.0. The topological polar surface area (TPSA) is 6.48 Å². The van der Waals surface area contributed by atoms with E-state index in [1.54, 1.807) is 0 Å². The second-order valence-electron chi connectivity index (χ2n) is 6.43. The van der Waals surface area contributed by atoms with Crippen LogP contribution in [0.25, 0.3) is 0 Å². The smallest absolute Gasteiger partial charge is 0.0987 e. The van der Waals surface area contributed by atoms with Crippen LogP contribution in [0.15, 0.2) is 76.6 Å². The Hall–Kier alpha value is -1.46. The normalized spacial score (nSPS) is 16.5. The van der Waals surface area contributed by atoms with E-state index in [0.717, 1.165) is 26.2 Å². The fourth-order valence-electron chi connectivity index (χ4n) is 3.53. The summed E-state index contributed by atoms with van der Waals surface area (Å²) >= 11 is 5.48. The molecule has 4 heteroatoms. The summed E-state index contributed by atoms with van der Waals surface area (Å²) in [6.45, 7) is 4.18. The van der Waals surface area contributed by atoms with Gasteiger partial charge >= 0.3 is 0 Å². The molecule has 1 fully saturated rings. The number of benzene rings is 2. The molecule has 4 rings (SSSR count). The van der Waals surface area contributed by atoms with Gasteiger partial charge in [-0.05, 0) is 39.2 Å². The van der Waals surface area contributed by atoms with E-state index < -0.39 is 0 Å². The fourth-order valence-corrected chi connectivity index (χ4v) is 5.12. The summed E-state index contributed by atoms with van der Waals surface area (Å²) < 4.78 is 1.20. The molecule has 0 bridgehead atoms. The van der Waals surface area contributed by atoms with E-state index in [2.05, 4.69) is 98.5 Å². The Bertz CT molecular complexity index is 754. The molecule has 1 aliphatic rings.